The van der Waals surface area contributed by atoms with Crippen molar-refractivity contribution in [3.63, 3.8) is 0 Å². The molecule has 6 nitrogen and oxygen atoms in total. The highest BCUT2D eigenvalue weighted by Gasteiger charge is 2.35. The number of carbonyl (C=O) groups excluding carboxylic acids is 2. The van der Waals surface area contributed by atoms with Crippen molar-refractivity contribution in [3.05, 3.63) is 58.4 Å². The number of likely N-dealkylation sites (tertiary alicyclic amines) is 1. The molecule has 0 saturated carbocycles. The van der Waals surface area contributed by atoms with Crippen molar-refractivity contribution in [2.24, 2.45) is 5.92 Å². The molecule has 1 aromatic carbocycles. The first-order valence-corrected chi connectivity index (χ1v) is 10.4. The van der Waals surface area contributed by atoms with Gasteiger partial charge in [-0.25, -0.2) is 4.98 Å². The lowest BCUT2D eigenvalue weighted by molar-refractivity contribution is -0.128. The summed E-state index contributed by atoms with van der Waals surface area (Å²) in [7, 11) is 0. The van der Waals surface area contributed by atoms with Crippen molar-refractivity contribution in [2.75, 3.05) is 11.9 Å². The van der Waals surface area contributed by atoms with E-state index in [0.717, 1.165) is 11.3 Å². The fourth-order valence-electron chi connectivity index (χ4n) is 3.93. The summed E-state index contributed by atoms with van der Waals surface area (Å²) in [6.07, 6.45) is 1.79. The van der Waals surface area contributed by atoms with E-state index in [1.54, 1.807) is 17.2 Å². The van der Waals surface area contributed by atoms with Gasteiger partial charge in [-0.15, -0.1) is 11.3 Å². The van der Waals surface area contributed by atoms with Gasteiger partial charge < -0.3 is 14.6 Å². The molecule has 1 aliphatic heterocycles. The number of benzene rings is 1. The average molecular weight is 410 g/mol. The monoisotopic (exact) mass is 409 g/mol. The zero-order valence-electron chi connectivity index (χ0n) is 16.7. The Balaban J connectivity index is 1.43. The molecule has 0 aliphatic carbocycles. The van der Waals surface area contributed by atoms with Gasteiger partial charge in [0.25, 0.3) is 0 Å². The van der Waals surface area contributed by atoms with Crippen molar-refractivity contribution >= 4 is 28.3 Å². The molecule has 3 heterocycles. The summed E-state index contributed by atoms with van der Waals surface area (Å²) in [6, 6.07) is 7.89. The van der Waals surface area contributed by atoms with Crippen LogP contribution in [0.2, 0.25) is 0 Å². The van der Waals surface area contributed by atoms with E-state index < -0.39 is 0 Å². The predicted octanol–water partition coefficient (Wildman–Crippen LogP) is 4.32. The lowest BCUT2D eigenvalue weighted by atomic mass is 9.98. The summed E-state index contributed by atoms with van der Waals surface area (Å²) in [5.74, 6) is 0.131. The highest BCUT2D eigenvalue weighted by Crippen LogP contribution is 2.31. The summed E-state index contributed by atoms with van der Waals surface area (Å²) in [5.41, 5.74) is 5.52. The van der Waals surface area contributed by atoms with Gasteiger partial charge in [0.2, 0.25) is 11.8 Å². The van der Waals surface area contributed by atoms with Crippen LogP contribution in [0.25, 0.3) is 11.3 Å². The second kappa shape index (κ2) is 7.83. The van der Waals surface area contributed by atoms with Crippen LogP contribution in [-0.2, 0) is 16.1 Å². The molecule has 2 aromatic heterocycles. The number of hydrogen-bond donors (Lipinski definition) is 1. The van der Waals surface area contributed by atoms with Crippen LogP contribution < -0.4 is 5.32 Å². The smallest absolute Gasteiger partial charge is 0.231 e. The van der Waals surface area contributed by atoms with Gasteiger partial charge in [-0.3, -0.25) is 9.59 Å². The molecule has 7 heteroatoms. The van der Waals surface area contributed by atoms with Crippen LogP contribution in [0.15, 0.2) is 40.3 Å². The predicted molar refractivity (Wildman–Crippen MR) is 113 cm³/mol. The maximum atomic E-state index is 12.7. The van der Waals surface area contributed by atoms with E-state index in [0.29, 0.717) is 24.0 Å². The zero-order valence-corrected chi connectivity index (χ0v) is 17.5. The number of rotatable bonds is 5. The van der Waals surface area contributed by atoms with Crippen molar-refractivity contribution < 1.29 is 14.0 Å². The largest absolute Gasteiger partial charge is 0.467 e. The first kappa shape index (κ1) is 19.4. The molecule has 0 radical (unpaired) electrons. The Labute approximate surface area is 173 Å². The van der Waals surface area contributed by atoms with Gasteiger partial charge in [0.15, 0.2) is 5.13 Å². The van der Waals surface area contributed by atoms with Gasteiger partial charge in [0.05, 0.1) is 24.4 Å². The van der Waals surface area contributed by atoms with Gasteiger partial charge in [0.1, 0.15) is 5.76 Å². The number of thiazole rings is 1. The summed E-state index contributed by atoms with van der Waals surface area (Å²) < 4.78 is 5.30. The van der Waals surface area contributed by atoms with Gasteiger partial charge >= 0.3 is 0 Å². The molecule has 1 aliphatic rings. The van der Waals surface area contributed by atoms with Crippen molar-refractivity contribution in [2.45, 2.75) is 33.7 Å². The third-order valence-electron chi connectivity index (χ3n) is 5.18. The highest BCUT2D eigenvalue weighted by molar-refractivity contribution is 7.14. The van der Waals surface area contributed by atoms with Gasteiger partial charge in [-0.05, 0) is 44.0 Å². The second-order valence-corrected chi connectivity index (χ2v) is 8.41. The molecule has 1 atom stereocenters. The summed E-state index contributed by atoms with van der Waals surface area (Å²) in [5, 5.41) is 5.41. The first-order valence-electron chi connectivity index (χ1n) is 9.55. The van der Waals surface area contributed by atoms with Crippen molar-refractivity contribution in [1.82, 2.24) is 9.88 Å². The Morgan fingerprint density at radius 2 is 2.07 bits per heavy atom. The lowest BCUT2D eigenvalue weighted by Gasteiger charge is -2.14. The number of anilines is 1. The molecule has 1 saturated heterocycles. The van der Waals surface area contributed by atoms with E-state index >= 15 is 0 Å². The molecule has 1 fully saturated rings. The maximum absolute atomic E-state index is 12.7. The molecule has 150 valence electrons. The number of carbonyl (C=O) groups is 2. The number of aromatic nitrogens is 1. The SMILES string of the molecule is Cc1cc(C)c(-c2csc(NC(=O)[C@@H]3CC(=O)N(Cc4ccco4)C3)n2)c(C)c1. The van der Waals surface area contributed by atoms with Crippen LogP contribution in [-0.4, -0.2) is 28.2 Å². The van der Waals surface area contributed by atoms with Crippen LogP contribution in [0.3, 0.4) is 0 Å². The van der Waals surface area contributed by atoms with Crippen LogP contribution in [0.1, 0.15) is 28.9 Å². The van der Waals surface area contributed by atoms with Crippen LogP contribution in [0, 0.1) is 26.7 Å². The Morgan fingerprint density at radius 1 is 1.31 bits per heavy atom. The van der Waals surface area contributed by atoms with Gasteiger partial charge in [-0.1, -0.05) is 17.7 Å². The maximum Gasteiger partial charge on any atom is 0.231 e. The first-order chi connectivity index (χ1) is 13.9. The summed E-state index contributed by atoms with van der Waals surface area (Å²) in [4.78, 5) is 31.2. The third-order valence-corrected chi connectivity index (χ3v) is 5.94. The highest BCUT2D eigenvalue weighted by atomic mass is 32.1. The number of aryl methyl sites for hydroxylation is 3. The average Bonchev–Trinajstić information content (AvgIpc) is 3.38. The number of nitrogens with zero attached hydrogens (tertiary/aromatic N) is 2. The van der Waals surface area contributed by atoms with E-state index in [4.69, 9.17) is 4.42 Å². The quantitative estimate of drug-likeness (QED) is 0.681. The molecule has 0 unspecified atom stereocenters. The van der Waals surface area contributed by atoms with Gasteiger partial charge in [-0.2, -0.15) is 0 Å². The van der Waals surface area contributed by atoms with E-state index in [1.807, 2.05) is 11.4 Å². The normalized spacial score (nSPS) is 16.4. The molecule has 4 rings (SSSR count). The Kier molecular flexibility index (Phi) is 5.24. The van der Waals surface area contributed by atoms with Crippen molar-refractivity contribution in [1.29, 1.82) is 0 Å². The fourth-order valence-corrected chi connectivity index (χ4v) is 4.63. The minimum Gasteiger partial charge on any atom is -0.467 e. The van der Waals surface area contributed by atoms with Gasteiger partial charge in [0, 0.05) is 23.9 Å². The van der Waals surface area contributed by atoms with Crippen LogP contribution >= 0.6 is 11.3 Å². The number of furan rings is 1. The molecule has 0 spiro atoms. The summed E-state index contributed by atoms with van der Waals surface area (Å²) in [6.45, 7) is 7.01. The number of hydrogen-bond acceptors (Lipinski definition) is 5. The van der Waals surface area contributed by atoms with Crippen LogP contribution in [0.5, 0.6) is 0 Å². The van der Waals surface area contributed by atoms with Crippen LogP contribution in [0.4, 0.5) is 5.13 Å². The van der Waals surface area contributed by atoms with Crippen molar-refractivity contribution in [3.8, 4) is 11.3 Å². The van der Waals surface area contributed by atoms with E-state index in [9.17, 15) is 9.59 Å². The minimum atomic E-state index is -0.382. The molecule has 1 N–H and O–H groups in total. The molecule has 0 bridgehead atoms. The molecule has 3 aromatic rings. The zero-order chi connectivity index (χ0) is 20.5. The third kappa shape index (κ3) is 4.10. The van der Waals surface area contributed by atoms with E-state index in [1.165, 1.54) is 28.0 Å². The standard InChI is InChI=1S/C22H23N3O3S/c1-13-7-14(2)20(15(3)8-13)18-12-29-22(23-18)24-21(27)16-9-19(26)25(10-16)11-17-5-4-6-28-17/h4-8,12,16H,9-11H2,1-3H3,(H,23,24,27)/t16-/m1/s1. The number of nitrogens with one attached hydrogen (secondary N) is 1. The van der Waals surface area contributed by atoms with E-state index in [2.05, 4.69) is 43.2 Å². The molecule has 29 heavy (non-hydrogen) atoms. The summed E-state index contributed by atoms with van der Waals surface area (Å²) >= 11 is 1.40. The Bertz CT molecular complexity index is 1030. The number of amides is 2. The topological polar surface area (TPSA) is 75.4 Å². The lowest BCUT2D eigenvalue weighted by Crippen LogP contribution is -2.27. The minimum absolute atomic E-state index is 0.0349. The molecule has 2 amide bonds. The molecular weight excluding hydrogens is 386 g/mol. The Hall–Kier alpha value is -2.93. The molecular formula is C22H23N3O3S. The van der Waals surface area contributed by atoms with E-state index in [-0.39, 0.29) is 24.2 Å². The second-order valence-electron chi connectivity index (χ2n) is 7.56. The Morgan fingerprint density at radius 3 is 2.76 bits per heavy atom. The fraction of sp³-hybridized carbons (Fsp3) is 0.318.